The quantitative estimate of drug-likeness (QED) is 0.662. The molecule has 0 fully saturated rings. The summed E-state index contributed by atoms with van der Waals surface area (Å²) in [6, 6.07) is 12.6. The van der Waals surface area contributed by atoms with Crippen molar-refractivity contribution in [3.8, 4) is 5.75 Å². The first-order chi connectivity index (χ1) is 11.5. The summed E-state index contributed by atoms with van der Waals surface area (Å²) in [6.07, 6.45) is 0. The number of anilines is 2. The van der Waals surface area contributed by atoms with E-state index >= 15 is 0 Å². The molecule has 7 heteroatoms. The van der Waals surface area contributed by atoms with Crippen LogP contribution in [0.3, 0.4) is 0 Å². The minimum absolute atomic E-state index is 0.346. The molecule has 0 radical (unpaired) electrons. The maximum atomic E-state index is 11.9. The number of ether oxygens (including phenoxy) is 2. The van der Waals surface area contributed by atoms with E-state index < -0.39 is 17.8 Å². The van der Waals surface area contributed by atoms with Gasteiger partial charge in [0, 0.05) is 11.4 Å². The number of esters is 1. The molecular weight excluding hydrogens is 312 g/mol. The van der Waals surface area contributed by atoms with Crippen molar-refractivity contribution in [3.63, 3.8) is 0 Å². The van der Waals surface area contributed by atoms with Gasteiger partial charge >= 0.3 is 17.8 Å². The van der Waals surface area contributed by atoms with Gasteiger partial charge in [-0.25, -0.2) is 4.79 Å². The van der Waals surface area contributed by atoms with Crippen LogP contribution in [0.15, 0.2) is 48.5 Å². The Hall–Kier alpha value is -3.35. The van der Waals surface area contributed by atoms with Crippen LogP contribution in [0.25, 0.3) is 0 Å². The third kappa shape index (κ3) is 4.33. The van der Waals surface area contributed by atoms with E-state index in [1.54, 1.807) is 24.3 Å². The summed E-state index contributed by atoms with van der Waals surface area (Å²) >= 11 is 0. The van der Waals surface area contributed by atoms with Crippen LogP contribution >= 0.6 is 0 Å². The average molecular weight is 328 g/mol. The Morgan fingerprint density at radius 2 is 1.21 bits per heavy atom. The fourth-order valence-corrected chi connectivity index (χ4v) is 1.86. The van der Waals surface area contributed by atoms with Crippen molar-refractivity contribution >= 4 is 29.2 Å². The van der Waals surface area contributed by atoms with E-state index in [1.807, 2.05) is 0 Å². The monoisotopic (exact) mass is 328 g/mol. The van der Waals surface area contributed by atoms with Gasteiger partial charge in [-0.1, -0.05) is 0 Å². The van der Waals surface area contributed by atoms with E-state index in [0.29, 0.717) is 22.7 Å². The maximum absolute atomic E-state index is 11.9. The fraction of sp³-hybridized carbons (Fsp3) is 0.118. The highest BCUT2D eigenvalue weighted by Gasteiger charge is 2.14. The van der Waals surface area contributed by atoms with Crippen molar-refractivity contribution in [2.45, 2.75) is 0 Å². The first-order valence-corrected chi connectivity index (χ1v) is 6.98. The molecule has 24 heavy (non-hydrogen) atoms. The fourth-order valence-electron chi connectivity index (χ4n) is 1.86. The SMILES string of the molecule is COC(=O)c1ccc(NC(=O)C(=O)Nc2ccc(OC)cc2)cc1. The van der Waals surface area contributed by atoms with E-state index in [4.69, 9.17) is 4.74 Å². The second kappa shape index (κ2) is 7.77. The van der Waals surface area contributed by atoms with Gasteiger partial charge in [0.15, 0.2) is 0 Å². The molecule has 124 valence electrons. The zero-order chi connectivity index (χ0) is 17.5. The van der Waals surface area contributed by atoms with Gasteiger partial charge < -0.3 is 20.1 Å². The number of carbonyl (C=O) groups is 3. The predicted octanol–water partition coefficient (Wildman–Crippen LogP) is 2.06. The van der Waals surface area contributed by atoms with Crippen molar-refractivity contribution in [2.24, 2.45) is 0 Å². The van der Waals surface area contributed by atoms with E-state index in [2.05, 4.69) is 15.4 Å². The van der Waals surface area contributed by atoms with Crippen molar-refractivity contribution in [1.29, 1.82) is 0 Å². The molecule has 2 rings (SSSR count). The average Bonchev–Trinajstić information content (AvgIpc) is 2.62. The number of hydrogen-bond donors (Lipinski definition) is 2. The number of amides is 2. The number of benzene rings is 2. The summed E-state index contributed by atoms with van der Waals surface area (Å²) in [7, 11) is 2.81. The molecule has 2 amide bonds. The van der Waals surface area contributed by atoms with Gasteiger partial charge in [0.25, 0.3) is 0 Å². The van der Waals surface area contributed by atoms with Crippen LogP contribution < -0.4 is 15.4 Å². The van der Waals surface area contributed by atoms with Gasteiger partial charge in [-0.3, -0.25) is 9.59 Å². The molecule has 2 aromatic carbocycles. The van der Waals surface area contributed by atoms with Gasteiger partial charge in [0.05, 0.1) is 19.8 Å². The molecule has 2 aromatic rings. The Kier molecular flexibility index (Phi) is 5.51. The lowest BCUT2D eigenvalue weighted by molar-refractivity contribution is -0.132. The number of rotatable bonds is 4. The molecule has 0 aliphatic heterocycles. The molecule has 7 nitrogen and oxygen atoms in total. The minimum atomic E-state index is -0.823. The molecule has 0 heterocycles. The molecule has 0 saturated carbocycles. The van der Waals surface area contributed by atoms with Gasteiger partial charge in [-0.15, -0.1) is 0 Å². The molecule has 0 aromatic heterocycles. The third-order valence-corrected chi connectivity index (χ3v) is 3.12. The largest absolute Gasteiger partial charge is 0.497 e. The Morgan fingerprint density at radius 1 is 0.750 bits per heavy atom. The highest BCUT2D eigenvalue weighted by molar-refractivity contribution is 6.43. The van der Waals surface area contributed by atoms with Crippen LogP contribution in [0.1, 0.15) is 10.4 Å². The molecule has 0 spiro atoms. The molecular formula is C17H16N2O5. The van der Waals surface area contributed by atoms with Gasteiger partial charge in [-0.2, -0.15) is 0 Å². The molecule has 0 aliphatic rings. The van der Waals surface area contributed by atoms with Crippen molar-refractivity contribution in [2.75, 3.05) is 24.9 Å². The topological polar surface area (TPSA) is 93.7 Å². The standard InChI is InChI=1S/C17H16N2O5/c1-23-14-9-7-13(8-10-14)19-16(21)15(20)18-12-5-3-11(4-6-12)17(22)24-2/h3-10H,1-2H3,(H,18,20)(H,19,21). The van der Waals surface area contributed by atoms with Crippen LogP contribution in [0.5, 0.6) is 5.75 Å². The van der Waals surface area contributed by atoms with Gasteiger partial charge in [0.2, 0.25) is 0 Å². The van der Waals surface area contributed by atoms with E-state index in [-0.39, 0.29) is 0 Å². The summed E-state index contributed by atoms with van der Waals surface area (Å²) in [5, 5.41) is 4.91. The second-order valence-electron chi connectivity index (χ2n) is 4.71. The first-order valence-electron chi connectivity index (χ1n) is 6.98. The van der Waals surface area contributed by atoms with Crippen LogP contribution in [-0.4, -0.2) is 32.0 Å². The van der Waals surface area contributed by atoms with Crippen molar-refractivity contribution in [3.05, 3.63) is 54.1 Å². The van der Waals surface area contributed by atoms with Crippen LogP contribution in [0.4, 0.5) is 11.4 Å². The number of nitrogens with one attached hydrogen (secondary N) is 2. The summed E-state index contributed by atoms with van der Waals surface area (Å²) < 4.78 is 9.59. The van der Waals surface area contributed by atoms with Gasteiger partial charge in [-0.05, 0) is 48.5 Å². The highest BCUT2D eigenvalue weighted by atomic mass is 16.5. The van der Waals surface area contributed by atoms with Crippen LogP contribution in [0.2, 0.25) is 0 Å². The Labute approximate surface area is 138 Å². The number of methoxy groups -OCH3 is 2. The Bertz CT molecular complexity index is 739. The Morgan fingerprint density at radius 3 is 1.62 bits per heavy atom. The molecule has 2 N–H and O–H groups in total. The molecule has 0 bridgehead atoms. The Balaban J connectivity index is 1.95. The molecule has 0 aliphatic carbocycles. The lowest BCUT2D eigenvalue weighted by Gasteiger charge is -2.07. The summed E-state index contributed by atoms with van der Waals surface area (Å²) in [5.74, 6) is -1.47. The molecule has 0 saturated heterocycles. The second-order valence-corrected chi connectivity index (χ2v) is 4.71. The highest BCUT2D eigenvalue weighted by Crippen LogP contribution is 2.15. The zero-order valence-corrected chi connectivity index (χ0v) is 13.2. The number of carbonyl (C=O) groups excluding carboxylic acids is 3. The van der Waals surface area contributed by atoms with Gasteiger partial charge in [0.1, 0.15) is 5.75 Å². The van der Waals surface area contributed by atoms with Crippen LogP contribution in [0, 0.1) is 0 Å². The zero-order valence-electron chi connectivity index (χ0n) is 13.2. The first kappa shape index (κ1) is 17.0. The van der Waals surface area contributed by atoms with E-state index in [0.717, 1.165) is 0 Å². The van der Waals surface area contributed by atoms with Crippen molar-refractivity contribution < 1.29 is 23.9 Å². The summed E-state index contributed by atoms with van der Waals surface area (Å²) in [5.41, 5.74) is 1.20. The smallest absolute Gasteiger partial charge is 0.337 e. The predicted molar refractivity (Wildman–Crippen MR) is 88.0 cm³/mol. The normalized spacial score (nSPS) is 9.75. The molecule has 0 unspecified atom stereocenters. The summed E-state index contributed by atoms with van der Waals surface area (Å²) in [6.45, 7) is 0. The lowest BCUT2D eigenvalue weighted by Crippen LogP contribution is -2.29. The molecule has 0 atom stereocenters. The summed E-state index contributed by atoms with van der Waals surface area (Å²) in [4.78, 5) is 35.1. The third-order valence-electron chi connectivity index (χ3n) is 3.12. The van der Waals surface area contributed by atoms with E-state index in [1.165, 1.54) is 38.5 Å². The lowest BCUT2D eigenvalue weighted by atomic mass is 10.2. The minimum Gasteiger partial charge on any atom is -0.497 e. The van der Waals surface area contributed by atoms with Crippen molar-refractivity contribution in [1.82, 2.24) is 0 Å². The maximum Gasteiger partial charge on any atom is 0.337 e. The van der Waals surface area contributed by atoms with Crippen LogP contribution in [-0.2, 0) is 14.3 Å². The van der Waals surface area contributed by atoms with E-state index in [9.17, 15) is 14.4 Å². The number of hydrogen-bond acceptors (Lipinski definition) is 5.